The second-order valence-corrected chi connectivity index (χ2v) is 8.29. The zero-order chi connectivity index (χ0) is 20.8. The summed E-state index contributed by atoms with van der Waals surface area (Å²) in [4.78, 5) is 2.51. The van der Waals surface area contributed by atoms with Gasteiger partial charge in [-0.05, 0) is 80.0 Å². The molecule has 1 aliphatic heterocycles. The van der Waals surface area contributed by atoms with Gasteiger partial charge in [-0.15, -0.1) is 0 Å². The molecule has 7 heteroatoms. The molecule has 1 heterocycles. The molecule has 0 saturated carbocycles. The van der Waals surface area contributed by atoms with E-state index in [0.29, 0.717) is 17.3 Å². The first kappa shape index (κ1) is 21.8. The Balaban J connectivity index is 1.66. The van der Waals surface area contributed by atoms with Crippen molar-refractivity contribution in [2.24, 2.45) is 5.92 Å². The molecule has 1 fully saturated rings. The summed E-state index contributed by atoms with van der Waals surface area (Å²) in [5.41, 5.74) is 1.88. The summed E-state index contributed by atoms with van der Waals surface area (Å²) in [6, 6.07) is 12.9. The Hall–Kier alpha value is -1.89. The van der Waals surface area contributed by atoms with Gasteiger partial charge in [0.25, 0.3) is 0 Å². The summed E-state index contributed by atoms with van der Waals surface area (Å²) in [5.74, 6) is 1.16. The Kier molecular flexibility index (Phi) is 7.70. The highest BCUT2D eigenvalue weighted by atomic mass is 35.5. The van der Waals surface area contributed by atoms with Crippen molar-refractivity contribution >= 4 is 34.6 Å². The maximum Gasteiger partial charge on any atom is 0.170 e. The van der Waals surface area contributed by atoms with E-state index >= 15 is 0 Å². The van der Waals surface area contributed by atoms with Crippen molar-refractivity contribution in [2.45, 2.75) is 25.8 Å². The first-order chi connectivity index (χ1) is 14.0. The Morgan fingerprint density at radius 3 is 2.55 bits per heavy atom. The second kappa shape index (κ2) is 10.2. The lowest BCUT2D eigenvalue weighted by Crippen LogP contribution is -2.42. The third-order valence-electron chi connectivity index (χ3n) is 5.39. The maximum absolute atomic E-state index is 13.3. The minimum atomic E-state index is -0.449. The zero-order valence-corrected chi connectivity index (χ0v) is 18.3. The summed E-state index contributed by atoms with van der Waals surface area (Å²) >= 11 is 11.3. The van der Waals surface area contributed by atoms with Gasteiger partial charge in [0.15, 0.2) is 5.11 Å². The van der Waals surface area contributed by atoms with Gasteiger partial charge in [0, 0.05) is 12.2 Å². The molecule has 0 radical (unpaired) electrons. The van der Waals surface area contributed by atoms with Crippen LogP contribution in [0.15, 0.2) is 42.5 Å². The van der Waals surface area contributed by atoms with Gasteiger partial charge >= 0.3 is 0 Å². The first-order valence-electron chi connectivity index (χ1n) is 9.84. The summed E-state index contributed by atoms with van der Waals surface area (Å²) in [5, 5.41) is 6.94. The van der Waals surface area contributed by atoms with E-state index in [9.17, 15) is 4.39 Å². The van der Waals surface area contributed by atoms with Gasteiger partial charge < -0.3 is 15.4 Å². The summed E-state index contributed by atoms with van der Waals surface area (Å²) in [6.45, 7) is 5.10. The van der Waals surface area contributed by atoms with Crippen LogP contribution >= 0.6 is 23.8 Å². The molecular formula is C22H27ClFN3OS. The molecular weight excluding hydrogens is 409 g/mol. The fourth-order valence-corrected chi connectivity index (χ4v) is 3.94. The van der Waals surface area contributed by atoms with Crippen molar-refractivity contribution in [3.63, 3.8) is 0 Å². The molecule has 0 spiro atoms. The number of halogens is 2. The van der Waals surface area contributed by atoms with Crippen molar-refractivity contribution in [3.05, 3.63) is 58.9 Å². The van der Waals surface area contributed by atoms with Crippen molar-refractivity contribution < 1.29 is 9.13 Å². The Labute approximate surface area is 182 Å². The molecule has 1 atom stereocenters. The maximum atomic E-state index is 13.3. The van der Waals surface area contributed by atoms with Crippen molar-refractivity contribution in [1.82, 2.24) is 10.2 Å². The van der Waals surface area contributed by atoms with E-state index in [1.165, 1.54) is 30.5 Å². The minimum absolute atomic E-state index is 0.0661. The van der Waals surface area contributed by atoms with E-state index in [-0.39, 0.29) is 11.1 Å². The first-order valence-corrected chi connectivity index (χ1v) is 10.6. The predicted octanol–water partition coefficient (Wildman–Crippen LogP) is 5.25. The van der Waals surface area contributed by atoms with Crippen molar-refractivity contribution in [3.8, 4) is 5.75 Å². The Bertz CT molecular complexity index is 825. The van der Waals surface area contributed by atoms with Crippen LogP contribution in [-0.2, 0) is 0 Å². The molecule has 156 valence electrons. The van der Waals surface area contributed by atoms with Gasteiger partial charge in [-0.2, -0.15) is 0 Å². The zero-order valence-electron chi connectivity index (χ0n) is 16.8. The van der Waals surface area contributed by atoms with Crippen LogP contribution in [0.5, 0.6) is 5.75 Å². The molecule has 1 aliphatic rings. The van der Waals surface area contributed by atoms with Crippen LogP contribution in [0.2, 0.25) is 5.02 Å². The standard InChI is InChI=1S/C22H27ClFN3OS/c1-15-9-11-27(12-10-15)21(16-3-6-18(28-2)7-4-16)14-25-22(29)26-17-5-8-20(24)19(23)13-17/h3-8,13,15,21H,9-12,14H2,1-2H3,(H2,25,26,29). The lowest BCUT2D eigenvalue weighted by atomic mass is 9.95. The molecule has 0 aliphatic carbocycles. The monoisotopic (exact) mass is 435 g/mol. The largest absolute Gasteiger partial charge is 0.497 e. The molecule has 1 unspecified atom stereocenters. The summed E-state index contributed by atoms with van der Waals surface area (Å²) < 4.78 is 18.6. The topological polar surface area (TPSA) is 36.5 Å². The van der Waals surface area contributed by atoms with Crippen molar-refractivity contribution in [1.29, 1.82) is 0 Å². The fourth-order valence-electron chi connectivity index (χ4n) is 3.56. The molecule has 2 aromatic carbocycles. The van der Waals surface area contributed by atoms with Crippen LogP contribution in [0.1, 0.15) is 31.4 Å². The SMILES string of the molecule is COc1ccc(C(CNC(=S)Nc2ccc(F)c(Cl)c2)N2CCC(C)CC2)cc1. The fraction of sp³-hybridized carbons (Fsp3) is 0.409. The molecule has 2 N–H and O–H groups in total. The van der Waals surface area contributed by atoms with Crippen molar-refractivity contribution in [2.75, 3.05) is 32.1 Å². The quantitative estimate of drug-likeness (QED) is 0.606. The smallest absolute Gasteiger partial charge is 0.170 e. The van der Waals surface area contributed by atoms with Gasteiger partial charge in [-0.25, -0.2) is 4.39 Å². The van der Waals surface area contributed by atoms with Gasteiger partial charge in [0.05, 0.1) is 18.2 Å². The number of rotatable bonds is 6. The van der Waals surface area contributed by atoms with E-state index in [4.69, 9.17) is 28.6 Å². The number of benzene rings is 2. The van der Waals surface area contributed by atoms with Crippen LogP contribution in [0.4, 0.5) is 10.1 Å². The normalized spacial score (nSPS) is 16.3. The molecule has 3 rings (SSSR count). The molecule has 0 amide bonds. The van der Waals surface area contributed by atoms with Crippen LogP contribution < -0.4 is 15.4 Å². The van der Waals surface area contributed by atoms with Gasteiger partial charge in [0.1, 0.15) is 11.6 Å². The summed E-state index contributed by atoms with van der Waals surface area (Å²) in [6.07, 6.45) is 2.40. The second-order valence-electron chi connectivity index (χ2n) is 7.47. The third kappa shape index (κ3) is 6.04. The van der Waals surface area contributed by atoms with E-state index in [2.05, 4.69) is 34.6 Å². The lowest BCUT2D eigenvalue weighted by molar-refractivity contribution is 0.138. The molecule has 1 saturated heterocycles. The average Bonchev–Trinajstić information content (AvgIpc) is 2.72. The number of hydrogen-bond donors (Lipinski definition) is 2. The minimum Gasteiger partial charge on any atom is -0.497 e. The third-order valence-corrected chi connectivity index (χ3v) is 5.93. The number of anilines is 1. The van der Waals surface area contributed by atoms with Gasteiger partial charge in [0.2, 0.25) is 0 Å². The number of likely N-dealkylation sites (tertiary alicyclic amines) is 1. The predicted molar refractivity (Wildman–Crippen MR) is 121 cm³/mol. The van der Waals surface area contributed by atoms with Crippen LogP contribution in [-0.4, -0.2) is 36.8 Å². The highest BCUT2D eigenvalue weighted by Crippen LogP contribution is 2.28. The van der Waals surface area contributed by atoms with Crippen LogP contribution in [0.25, 0.3) is 0 Å². The highest BCUT2D eigenvalue weighted by Gasteiger charge is 2.25. The van der Waals surface area contributed by atoms with E-state index in [1.54, 1.807) is 13.2 Å². The number of ether oxygens (including phenoxy) is 1. The number of methoxy groups -OCH3 is 1. The van der Waals surface area contributed by atoms with E-state index < -0.39 is 5.82 Å². The van der Waals surface area contributed by atoms with Crippen LogP contribution in [0, 0.1) is 11.7 Å². The Morgan fingerprint density at radius 2 is 1.93 bits per heavy atom. The van der Waals surface area contributed by atoms with E-state index in [0.717, 1.165) is 24.8 Å². The number of nitrogens with one attached hydrogen (secondary N) is 2. The number of hydrogen-bond acceptors (Lipinski definition) is 3. The number of thiocarbonyl (C=S) groups is 1. The van der Waals surface area contributed by atoms with E-state index in [1.807, 2.05) is 12.1 Å². The molecule has 0 aromatic heterocycles. The average molecular weight is 436 g/mol. The molecule has 2 aromatic rings. The van der Waals surface area contributed by atoms with Gasteiger partial charge in [-0.1, -0.05) is 30.7 Å². The number of piperidine rings is 1. The Morgan fingerprint density at radius 1 is 1.24 bits per heavy atom. The summed E-state index contributed by atoms with van der Waals surface area (Å²) in [7, 11) is 1.67. The highest BCUT2D eigenvalue weighted by molar-refractivity contribution is 7.80. The number of nitrogens with zero attached hydrogens (tertiary/aromatic N) is 1. The molecule has 0 bridgehead atoms. The van der Waals surface area contributed by atoms with Gasteiger partial charge in [-0.3, -0.25) is 4.90 Å². The van der Waals surface area contributed by atoms with Crippen LogP contribution in [0.3, 0.4) is 0 Å². The lowest BCUT2D eigenvalue weighted by Gasteiger charge is -2.37. The molecule has 4 nitrogen and oxygen atoms in total. The molecule has 29 heavy (non-hydrogen) atoms.